The molecule has 30 heavy (non-hydrogen) atoms. The molecule has 7 nitrogen and oxygen atoms in total. The molecule has 2 N–H and O–H groups in total. The number of amides is 2. The summed E-state index contributed by atoms with van der Waals surface area (Å²) in [5, 5.41) is 6.07. The summed E-state index contributed by atoms with van der Waals surface area (Å²) in [7, 11) is 0. The summed E-state index contributed by atoms with van der Waals surface area (Å²) in [5.74, 6) is 1.92. The van der Waals surface area contributed by atoms with E-state index in [-0.39, 0.29) is 24.2 Å². The van der Waals surface area contributed by atoms with E-state index in [0.29, 0.717) is 32.0 Å². The van der Waals surface area contributed by atoms with Crippen molar-refractivity contribution in [1.82, 2.24) is 15.5 Å². The van der Waals surface area contributed by atoms with Crippen LogP contribution in [0.2, 0.25) is 0 Å². The van der Waals surface area contributed by atoms with Crippen molar-refractivity contribution in [3.63, 3.8) is 0 Å². The first-order chi connectivity index (χ1) is 14.5. The van der Waals surface area contributed by atoms with E-state index in [2.05, 4.69) is 16.6 Å². The predicted octanol–water partition coefficient (Wildman–Crippen LogP) is 1.63. The molecule has 2 atom stereocenters. The first-order valence-corrected chi connectivity index (χ1v) is 11.1. The molecule has 0 aromatic heterocycles. The van der Waals surface area contributed by atoms with Crippen LogP contribution in [0.3, 0.4) is 0 Å². The summed E-state index contributed by atoms with van der Waals surface area (Å²) in [5.41, 5.74) is 0. The van der Waals surface area contributed by atoms with Gasteiger partial charge in [0.05, 0.1) is 18.9 Å². The van der Waals surface area contributed by atoms with Gasteiger partial charge in [-0.3, -0.25) is 14.4 Å². The Labute approximate surface area is 180 Å². The van der Waals surface area contributed by atoms with Crippen LogP contribution in [-0.4, -0.2) is 61.5 Å². The first kappa shape index (κ1) is 23.9. The van der Waals surface area contributed by atoms with E-state index in [4.69, 9.17) is 11.2 Å². The summed E-state index contributed by atoms with van der Waals surface area (Å²) in [4.78, 5) is 38.8. The number of hydrogen-bond donors (Lipinski definition) is 2. The van der Waals surface area contributed by atoms with Gasteiger partial charge in [-0.25, -0.2) is 0 Å². The quantitative estimate of drug-likeness (QED) is 0.258. The second-order valence-corrected chi connectivity index (χ2v) is 8.08. The maximum atomic E-state index is 12.7. The predicted molar refractivity (Wildman–Crippen MR) is 115 cm³/mol. The fraction of sp³-hybridized carbons (Fsp3) is 0.696. The highest BCUT2D eigenvalue weighted by Crippen LogP contribution is 2.18. The van der Waals surface area contributed by atoms with Gasteiger partial charge in [-0.2, -0.15) is 0 Å². The van der Waals surface area contributed by atoms with Gasteiger partial charge in [0.2, 0.25) is 11.8 Å². The molecule has 0 saturated carbocycles. The van der Waals surface area contributed by atoms with E-state index in [9.17, 15) is 14.4 Å². The van der Waals surface area contributed by atoms with Crippen molar-refractivity contribution in [2.24, 2.45) is 11.8 Å². The van der Waals surface area contributed by atoms with Crippen molar-refractivity contribution in [3.05, 3.63) is 12.2 Å². The molecule has 0 aromatic rings. The molecule has 0 unspecified atom stereocenters. The average molecular weight is 418 g/mol. The van der Waals surface area contributed by atoms with Crippen LogP contribution >= 0.6 is 0 Å². The number of terminal acetylenes is 1. The number of likely N-dealkylation sites (tertiary alicyclic amines) is 1. The normalized spacial score (nSPS) is 21.1. The van der Waals surface area contributed by atoms with Crippen molar-refractivity contribution in [3.8, 4) is 12.3 Å². The highest BCUT2D eigenvalue weighted by atomic mass is 16.5. The molecule has 0 bridgehead atoms. The van der Waals surface area contributed by atoms with Crippen molar-refractivity contribution >= 4 is 17.8 Å². The minimum atomic E-state index is -0.697. The molecule has 0 aliphatic carbocycles. The molecule has 2 amide bonds. The molecule has 2 rings (SSSR count). The van der Waals surface area contributed by atoms with E-state index < -0.39 is 12.0 Å². The summed E-state index contributed by atoms with van der Waals surface area (Å²) in [6.45, 7) is 5.38. The van der Waals surface area contributed by atoms with Crippen LogP contribution in [0, 0.1) is 24.2 Å². The highest BCUT2D eigenvalue weighted by molar-refractivity contribution is 5.88. The molecule has 2 aliphatic heterocycles. The van der Waals surface area contributed by atoms with E-state index in [1.807, 2.05) is 13.0 Å². The Kier molecular flexibility index (Phi) is 10.4. The van der Waals surface area contributed by atoms with Gasteiger partial charge in [-0.15, -0.1) is 6.42 Å². The lowest BCUT2D eigenvalue weighted by Crippen LogP contribution is -2.47. The van der Waals surface area contributed by atoms with Gasteiger partial charge < -0.3 is 20.3 Å². The molecule has 0 spiro atoms. The molecule has 2 saturated heterocycles. The lowest BCUT2D eigenvalue weighted by molar-refractivity contribution is -0.144. The van der Waals surface area contributed by atoms with E-state index in [1.165, 1.54) is 0 Å². The van der Waals surface area contributed by atoms with Crippen molar-refractivity contribution in [2.75, 3.05) is 32.8 Å². The number of nitrogens with one attached hydrogen (secondary N) is 2. The summed E-state index contributed by atoms with van der Waals surface area (Å²) in [6, 6.07) is -0.697. The minimum Gasteiger partial charge on any atom is -0.466 e. The fourth-order valence-electron chi connectivity index (χ4n) is 3.75. The van der Waals surface area contributed by atoms with Crippen LogP contribution in [0.5, 0.6) is 0 Å². The van der Waals surface area contributed by atoms with Crippen molar-refractivity contribution in [2.45, 2.75) is 57.9 Å². The van der Waals surface area contributed by atoms with E-state index >= 15 is 0 Å². The summed E-state index contributed by atoms with van der Waals surface area (Å²) >= 11 is 0. The summed E-state index contributed by atoms with van der Waals surface area (Å²) in [6.07, 6.45) is 14.4. The Morgan fingerprint density at radius 3 is 2.77 bits per heavy atom. The molecule has 7 heteroatoms. The largest absolute Gasteiger partial charge is 0.466 e. The molecular weight excluding hydrogens is 382 g/mol. The lowest BCUT2D eigenvalue weighted by Gasteiger charge is -2.32. The lowest BCUT2D eigenvalue weighted by atomic mass is 9.95. The third-order valence-corrected chi connectivity index (χ3v) is 5.65. The van der Waals surface area contributed by atoms with Crippen molar-refractivity contribution < 1.29 is 19.1 Å². The third kappa shape index (κ3) is 8.19. The number of ether oxygens (including phenoxy) is 1. The number of nitrogens with zero attached hydrogens (tertiary/aromatic N) is 1. The van der Waals surface area contributed by atoms with Gasteiger partial charge in [0, 0.05) is 13.1 Å². The topological polar surface area (TPSA) is 87.7 Å². The summed E-state index contributed by atoms with van der Waals surface area (Å²) < 4.78 is 5.12. The number of unbranched alkanes of at least 4 members (excludes halogenated alkanes) is 1. The molecule has 0 aromatic carbocycles. The van der Waals surface area contributed by atoms with Gasteiger partial charge in [0.25, 0.3) is 0 Å². The molecule has 166 valence electrons. The van der Waals surface area contributed by atoms with Crippen LogP contribution in [0.15, 0.2) is 12.2 Å². The fourth-order valence-corrected chi connectivity index (χ4v) is 3.75. The zero-order valence-electron chi connectivity index (χ0n) is 18.0. The molecule has 2 heterocycles. The molecular formula is C23H35N3O4. The van der Waals surface area contributed by atoms with Gasteiger partial charge in [-0.1, -0.05) is 25.3 Å². The van der Waals surface area contributed by atoms with Gasteiger partial charge in [-0.05, 0) is 57.2 Å². The second kappa shape index (κ2) is 13.1. The number of carbonyl (C=O) groups is 3. The van der Waals surface area contributed by atoms with Gasteiger partial charge in [0.15, 0.2) is 0 Å². The number of allylic oxidation sites excluding steroid dienone is 1. The Morgan fingerprint density at radius 1 is 1.30 bits per heavy atom. The molecule has 0 radical (unpaired) electrons. The zero-order chi connectivity index (χ0) is 21.8. The second-order valence-electron chi connectivity index (χ2n) is 8.08. The number of carbonyl (C=O) groups excluding carboxylic acids is 3. The number of esters is 1. The maximum absolute atomic E-state index is 12.7. The highest BCUT2D eigenvalue weighted by Gasteiger charge is 2.29. The van der Waals surface area contributed by atoms with Crippen LogP contribution < -0.4 is 10.6 Å². The zero-order valence-corrected chi connectivity index (χ0v) is 18.0. The van der Waals surface area contributed by atoms with Crippen molar-refractivity contribution in [1.29, 1.82) is 0 Å². The first-order valence-electron chi connectivity index (χ1n) is 11.1. The molecule has 2 fully saturated rings. The standard InChI is InChI=1S/C23H35N3O4/c1-3-5-15-30-22(28)16-20(4-2)25-23(29)19-7-6-14-26(17-19)21(27)9-8-18-10-12-24-13-11-18/h2,8-9,18-20,24H,3,5-7,10-17H2,1H3,(H,25,29)/b9-8+/t19-,20-/m1/s1. The Morgan fingerprint density at radius 2 is 2.07 bits per heavy atom. The van der Waals surface area contributed by atoms with Crippen LogP contribution in [0.4, 0.5) is 0 Å². The maximum Gasteiger partial charge on any atom is 0.308 e. The minimum absolute atomic E-state index is 0.0414. The monoisotopic (exact) mass is 417 g/mol. The number of hydrogen-bond acceptors (Lipinski definition) is 5. The van der Waals surface area contributed by atoms with Gasteiger partial charge in [0.1, 0.15) is 6.04 Å². The Bertz CT molecular complexity index is 649. The van der Waals surface area contributed by atoms with Gasteiger partial charge >= 0.3 is 5.97 Å². The van der Waals surface area contributed by atoms with E-state index in [1.54, 1.807) is 11.0 Å². The van der Waals surface area contributed by atoms with Crippen LogP contribution in [0.1, 0.15) is 51.9 Å². The average Bonchev–Trinajstić information content (AvgIpc) is 2.77. The number of rotatable bonds is 9. The van der Waals surface area contributed by atoms with E-state index in [0.717, 1.165) is 45.2 Å². The Balaban J connectivity index is 1.80. The Hall–Kier alpha value is -2.33. The molecule has 2 aliphatic rings. The SMILES string of the molecule is C#C[C@H](CC(=O)OCCCC)NC(=O)[C@@H]1CCCN(C(=O)/C=C/C2CCNCC2)C1. The van der Waals surface area contributed by atoms with Crippen LogP contribution in [0.25, 0.3) is 0 Å². The third-order valence-electron chi connectivity index (χ3n) is 5.65. The van der Waals surface area contributed by atoms with Crippen LogP contribution in [-0.2, 0) is 19.1 Å². The smallest absolute Gasteiger partial charge is 0.308 e. The number of piperidine rings is 2.